The lowest BCUT2D eigenvalue weighted by Gasteiger charge is -2.25. The van der Waals surface area contributed by atoms with Gasteiger partial charge in [-0.05, 0) is 44.4 Å². The number of esters is 2. The SMILES string of the molecule is C=C=CCC(CC=C=C(C)C)(C(=O)OC)C(=O)OC. The maximum atomic E-state index is 12.0. The lowest BCUT2D eigenvalue weighted by atomic mass is 9.81. The maximum absolute atomic E-state index is 12.0. The Bertz CT molecular complexity index is 427. The Balaban J connectivity index is 5.60. The first-order chi connectivity index (χ1) is 8.94. The van der Waals surface area contributed by atoms with Crippen LogP contribution in [0.25, 0.3) is 0 Å². The highest BCUT2D eigenvalue weighted by Gasteiger charge is 2.46. The Morgan fingerprint density at radius 1 is 1.11 bits per heavy atom. The van der Waals surface area contributed by atoms with Gasteiger partial charge in [-0.15, -0.1) is 11.5 Å². The Kier molecular flexibility index (Phi) is 7.28. The average Bonchev–Trinajstić information content (AvgIpc) is 2.40. The molecule has 0 N–H and O–H groups in total. The predicted octanol–water partition coefficient (Wildman–Crippen LogP) is 2.56. The molecule has 104 valence electrons. The smallest absolute Gasteiger partial charge is 0.323 e. The minimum absolute atomic E-state index is 0.122. The molecule has 0 amide bonds. The van der Waals surface area contributed by atoms with E-state index in [4.69, 9.17) is 9.47 Å². The summed E-state index contributed by atoms with van der Waals surface area (Å²) in [7, 11) is 2.48. The van der Waals surface area contributed by atoms with Crippen LogP contribution in [0.4, 0.5) is 0 Å². The fraction of sp³-hybridized carbons (Fsp3) is 0.467. The van der Waals surface area contributed by atoms with E-state index in [-0.39, 0.29) is 12.8 Å². The zero-order chi connectivity index (χ0) is 14.9. The van der Waals surface area contributed by atoms with Gasteiger partial charge in [-0.2, -0.15) is 0 Å². The molecule has 19 heavy (non-hydrogen) atoms. The van der Waals surface area contributed by atoms with Gasteiger partial charge in [0.15, 0.2) is 5.41 Å². The first-order valence-electron chi connectivity index (χ1n) is 5.84. The summed E-state index contributed by atoms with van der Waals surface area (Å²) in [6.07, 6.45) is 3.43. The van der Waals surface area contributed by atoms with E-state index in [9.17, 15) is 9.59 Å². The molecule has 0 heterocycles. The molecular weight excluding hydrogens is 244 g/mol. The van der Waals surface area contributed by atoms with E-state index < -0.39 is 17.4 Å². The van der Waals surface area contributed by atoms with E-state index in [0.29, 0.717) is 0 Å². The molecule has 0 saturated carbocycles. The third kappa shape index (κ3) is 4.63. The molecule has 0 aliphatic heterocycles. The van der Waals surface area contributed by atoms with E-state index in [0.717, 1.165) is 5.57 Å². The Hall–Kier alpha value is -2.02. The van der Waals surface area contributed by atoms with Crippen LogP contribution in [0, 0.1) is 5.41 Å². The second-order valence-corrected chi connectivity index (χ2v) is 4.23. The highest BCUT2D eigenvalue weighted by atomic mass is 16.5. The quantitative estimate of drug-likeness (QED) is 0.420. The molecule has 0 aromatic rings. The van der Waals surface area contributed by atoms with Crippen molar-refractivity contribution in [3.63, 3.8) is 0 Å². The Labute approximate surface area is 114 Å². The summed E-state index contributed by atoms with van der Waals surface area (Å²) in [5.41, 5.74) is 5.05. The molecule has 4 nitrogen and oxygen atoms in total. The van der Waals surface area contributed by atoms with Gasteiger partial charge in [0.2, 0.25) is 0 Å². The summed E-state index contributed by atoms with van der Waals surface area (Å²) < 4.78 is 9.46. The van der Waals surface area contributed by atoms with Crippen LogP contribution in [0.3, 0.4) is 0 Å². The topological polar surface area (TPSA) is 52.6 Å². The van der Waals surface area contributed by atoms with Gasteiger partial charge < -0.3 is 9.47 Å². The number of carbonyl (C=O) groups excluding carboxylic acids is 2. The van der Waals surface area contributed by atoms with E-state index in [1.165, 1.54) is 20.3 Å². The normalized spacial score (nSPS) is 9.68. The minimum atomic E-state index is -1.41. The van der Waals surface area contributed by atoms with Crippen molar-refractivity contribution in [2.24, 2.45) is 5.41 Å². The van der Waals surface area contributed by atoms with Crippen LogP contribution in [0.15, 0.2) is 35.8 Å². The molecular formula is C15H20O4. The van der Waals surface area contributed by atoms with Gasteiger partial charge in [0, 0.05) is 0 Å². The molecule has 0 aromatic heterocycles. The molecule has 4 heteroatoms. The first-order valence-corrected chi connectivity index (χ1v) is 5.84. The van der Waals surface area contributed by atoms with Crippen molar-refractivity contribution in [2.45, 2.75) is 26.7 Å². The van der Waals surface area contributed by atoms with Crippen LogP contribution >= 0.6 is 0 Å². The minimum Gasteiger partial charge on any atom is -0.468 e. The third-order valence-electron chi connectivity index (χ3n) is 2.59. The zero-order valence-electron chi connectivity index (χ0n) is 11.9. The molecule has 0 unspecified atom stereocenters. The first kappa shape index (κ1) is 17.0. The van der Waals surface area contributed by atoms with Crippen molar-refractivity contribution in [3.8, 4) is 0 Å². The van der Waals surface area contributed by atoms with Crippen molar-refractivity contribution >= 4 is 11.9 Å². The van der Waals surface area contributed by atoms with Crippen LogP contribution in [-0.4, -0.2) is 26.2 Å². The lowest BCUT2D eigenvalue weighted by molar-refractivity contribution is -0.168. The number of allylic oxidation sites excluding steroid dienone is 2. The molecule has 0 bridgehead atoms. The van der Waals surface area contributed by atoms with Gasteiger partial charge >= 0.3 is 11.9 Å². The highest BCUT2D eigenvalue weighted by Crippen LogP contribution is 2.31. The zero-order valence-corrected chi connectivity index (χ0v) is 11.9. The summed E-state index contributed by atoms with van der Waals surface area (Å²) in [4.78, 5) is 23.9. The maximum Gasteiger partial charge on any atom is 0.323 e. The van der Waals surface area contributed by atoms with Crippen LogP contribution < -0.4 is 0 Å². The van der Waals surface area contributed by atoms with Crippen molar-refractivity contribution in [1.29, 1.82) is 0 Å². The van der Waals surface area contributed by atoms with Crippen LogP contribution in [-0.2, 0) is 19.1 Å². The van der Waals surface area contributed by atoms with Crippen molar-refractivity contribution in [3.05, 3.63) is 35.8 Å². The number of rotatable bonds is 6. The van der Waals surface area contributed by atoms with Crippen molar-refractivity contribution in [1.82, 2.24) is 0 Å². The lowest BCUT2D eigenvalue weighted by Crippen LogP contribution is -2.40. The summed E-state index contributed by atoms with van der Waals surface area (Å²) in [6.45, 7) is 7.17. The fourth-order valence-corrected chi connectivity index (χ4v) is 1.57. The molecule has 0 fully saturated rings. The fourth-order valence-electron chi connectivity index (χ4n) is 1.57. The van der Waals surface area contributed by atoms with Crippen LogP contribution in [0.5, 0.6) is 0 Å². The van der Waals surface area contributed by atoms with Gasteiger partial charge in [-0.3, -0.25) is 9.59 Å². The molecule has 0 aliphatic carbocycles. The number of ether oxygens (including phenoxy) is 2. The molecule has 0 atom stereocenters. The Morgan fingerprint density at radius 2 is 1.58 bits per heavy atom. The van der Waals surface area contributed by atoms with E-state index in [2.05, 4.69) is 18.0 Å². The number of hydrogen-bond acceptors (Lipinski definition) is 4. The van der Waals surface area contributed by atoms with Crippen LogP contribution in [0.1, 0.15) is 26.7 Å². The van der Waals surface area contributed by atoms with Gasteiger partial charge in [0.1, 0.15) is 0 Å². The summed E-state index contributed by atoms with van der Waals surface area (Å²) in [5, 5.41) is 0. The number of carbonyl (C=O) groups is 2. The molecule has 0 saturated heterocycles. The molecule has 0 aliphatic rings. The highest BCUT2D eigenvalue weighted by molar-refractivity contribution is 6.00. The summed E-state index contributed by atoms with van der Waals surface area (Å²) in [5.74, 6) is -1.28. The van der Waals surface area contributed by atoms with Crippen molar-refractivity contribution < 1.29 is 19.1 Å². The summed E-state index contributed by atoms with van der Waals surface area (Å²) >= 11 is 0. The standard InChI is InChI=1S/C15H20O4/c1-6-7-10-15(13(16)18-4,14(17)19-5)11-8-9-12(2)3/h7-8H,1,10-11H2,2-5H3. The molecule has 0 aromatic carbocycles. The van der Waals surface area contributed by atoms with E-state index in [1.54, 1.807) is 6.08 Å². The molecule has 0 radical (unpaired) electrons. The van der Waals surface area contributed by atoms with Crippen LogP contribution in [0.2, 0.25) is 0 Å². The monoisotopic (exact) mass is 264 g/mol. The van der Waals surface area contributed by atoms with E-state index in [1.807, 2.05) is 13.8 Å². The second-order valence-electron chi connectivity index (χ2n) is 4.23. The number of methoxy groups -OCH3 is 2. The Morgan fingerprint density at radius 3 is 1.95 bits per heavy atom. The van der Waals surface area contributed by atoms with Gasteiger partial charge in [-0.1, -0.05) is 6.58 Å². The second kappa shape index (κ2) is 8.15. The third-order valence-corrected chi connectivity index (χ3v) is 2.59. The van der Waals surface area contributed by atoms with Gasteiger partial charge in [0.05, 0.1) is 14.2 Å². The number of hydrogen-bond donors (Lipinski definition) is 0. The molecule has 0 rings (SSSR count). The van der Waals surface area contributed by atoms with Gasteiger partial charge in [0.25, 0.3) is 0 Å². The van der Waals surface area contributed by atoms with Crippen molar-refractivity contribution in [2.75, 3.05) is 14.2 Å². The van der Waals surface area contributed by atoms with Gasteiger partial charge in [-0.25, -0.2) is 0 Å². The van der Waals surface area contributed by atoms with E-state index >= 15 is 0 Å². The predicted molar refractivity (Wildman–Crippen MR) is 72.4 cm³/mol. The average molecular weight is 264 g/mol. The summed E-state index contributed by atoms with van der Waals surface area (Å²) in [6, 6.07) is 0. The molecule has 0 spiro atoms. The largest absolute Gasteiger partial charge is 0.468 e.